The third kappa shape index (κ3) is 4.01. The van der Waals surface area contributed by atoms with Crippen LogP contribution in [0, 0.1) is 0 Å². The molecule has 2 heterocycles. The second-order valence-electron chi connectivity index (χ2n) is 6.81. The van der Waals surface area contributed by atoms with Crippen LogP contribution >= 0.6 is 0 Å². The standard InChI is InChI=1S/C17H20F3N3O3S/c1-11(2)15-21-22-16(26-15)12-7-9-23(10-8-12)27(24,25)14-6-4-3-5-13(14)17(18,19)20/h3-6,11-12H,7-10H2,1-2H3. The molecule has 6 nitrogen and oxygen atoms in total. The third-order valence-corrected chi connectivity index (χ3v) is 6.52. The Morgan fingerprint density at radius 1 is 1.15 bits per heavy atom. The van der Waals surface area contributed by atoms with Crippen LogP contribution < -0.4 is 0 Å². The zero-order valence-electron chi connectivity index (χ0n) is 14.9. The van der Waals surface area contributed by atoms with Gasteiger partial charge in [-0.2, -0.15) is 17.5 Å². The van der Waals surface area contributed by atoms with E-state index in [4.69, 9.17) is 4.42 Å². The van der Waals surface area contributed by atoms with Crippen LogP contribution in [0.2, 0.25) is 0 Å². The van der Waals surface area contributed by atoms with Crippen LogP contribution in [-0.2, 0) is 16.2 Å². The van der Waals surface area contributed by atoms with Gasteiger partial charge in [-0.15, -0.1) is 10.2 Å². The maximum absolute atomic E-state index is 13.2. The van der Waals surface area contributed by atoms with Gasteiger partial charge in [-0.05, 0) is 25.0 Å². The van der Waals surface area contributed by atoms with E-state index < -0.39 is 26.7 Å². The minimum absolute atomic E-state index is 0.0885. The highest BCUT2D eigenvalue weighted by atomic mass is 32.2. The molecule has 10 heteroatoms. The van der Waals surface area contributed by atoms with Crippen LogP contribution in [0.15, 0.2) is 33.6 Å². The molecule has 0 unspecified atom stereocenters. The molecule has 1 saturated heterocycles. The van der Waals surface area contributed by atoms with Crippen molar-refractivity contribution >= 4 is 10.0 Å². The SMILES string of the molecule is CC(C)c1nnc(C2CCN(S(=O)(=O)c3ccccc3C(F)(F)F)CC2)o1. The smallest absolute Gasteiger partial charge is 0.417 e. The maximum Gasteiger partial charge on any atom is 0.417 e. The molecule has 2 aromatic rings. The summed E-state index contributed by atoms with van der Waals surface area (Å²) < 4.78 is 71.8. The molecule has 0 radical (unpaired) electrons. The predicted octanol–water partition coefficient (Wildman–Crippen LogP) is 3.78. The quantitative estimate of drug-likeness (QED) is 0.777. The summed E-state index contributed by atoms with van der Waals surface area (Å²) in [4.78, 5) is -0.712. The van der Waals surface area contributed by atoms with Crippen molar-refractivity contribution in [1.29, 1.82) is 0 Å². The summed E-state index contributed by atoms with van der Waals surface area (Å²) in [6.07, 6.45) is -3.92. The molecular weight excluding hydrogens is 383 g/mol. The number of sulfonamides is 1. The average Bonchev–Trinajstić information content (AvgIpc) is 3.11. The van der Waals surface area contributed by atoms with Crippen LogP contribution in [0.3, 0.4) is 0 Å². The van der Waals surface area contributed by atoms with Crippen LogP contribution in [0.5, 0.6) is 0 Å². The van der Waals surface area contributed by atoms with Crippen molar-refractivity contribution in [3.05, 3.63) is 41.6 Å². The van der Waals surface area contributed by atoms with E-state index in [-0.39, 0.29) is 24.9 Å². The number of nitrogens with zero attached hydrogens (tertiary/aromatic N) is 3. The lowest BCUT2D eigenvalue weighted by molar-refractivity contribution is -0.139. The molecule has 148 valence electrons. The Kier molecular flexibility index (Phi) is 5.31. The van der Waals surface area contributed by atoms with Crippen LogP contribution in [0.25, 0.3) is 0 Å². The molecule has 1 aliphatic rings. The summed E-state index contributed by atoms with van der Waals surface area (Å²) in [7, 11) is -4.24. The lowest BCUT2D eigenvalue weighted by Crippen LogP contribution is -2.38. The first-order chi connectivity index (χ1) is 12.6. The Morgan fingerprint density at radius 2 is 1.78 bits per heavy atom. The Balaban J connectivity index is 1.77. The minimum Gasteiger partial charge on any atom is -0.425 e. The fraction of sp³-hybridized carbons (Fsp3) is 0.529. The van der Waals surface area contributed by atoms with Gasteiger partial charge in [-0.25, -0.2) is 8.42 Å². The summed E-state index contributed by atoms with van der Waals surface area (Å²) in [5.41, 5.74) is -1.15. The van der Waals surface area contributed by atoms with Gasteiger partial charge in [0.15, 0.2) is 0 Å². The fourth-order valence-corrected chi connectivity index (χ4v) is 4.73. The average molecular weight is 403 g/mol. The van der Waals surface area contributed by atoms with E-state index in [0.29, 0.717) is 24.6 Å². The molecule has 0 aliphatic carbocycles. The van der Waals surface area contributed by atoms with Crippen LogP contribution in [0.1, 0.15) is 55.9 Å². The molecule has 3 rings (SSSR count). The maximum atomic E-state index is 13.2. The van der Waals surface area contributed by atoms with Gasteiger partial charge < -0.3 is 4.42 Å². The zero-order valence-corrected chi connectivity index (χ0v) is 15.7. The van der Waals surface area contributed by atoms with Gasteiger partial charge >= 0.3 is 6.18 Å². The summed E-state index contributed by atoms with van der Waals surface area (Å²) in [6, 6.07) is 4.25. The highest BCUT2D eigenvalue weighted by molar-refractivity contribution is 7.89. The normalized spacial score (nSPS) is 17.6. The minimum atomic E-state index is -4.74. The molecule has 1 fully saturated rings. The van der Waals surface area contributed by atoms with Crippen molar-refractivity contribution in [3.8, 4) is 0 Å². The van der Waals surface area contributed by atoms with E-state index in [1.54, 1.807) is 0 Å². The largest absolute Gasteiger partial charge is 0.425 e. The summed E-state index contributed by atoms with van der Waals surface area (Å²) in [5.74, 6) is 0.950. The molecule has 0 bridgehead atoms. The molecule has 1 aliphatic heterocycles. The molecule has 1 aromatic heterocycles. The Hall–Kier alpha value is -1.94. The second kappa shape index (κ2) is 7.23. The Labute approximate surface area is 155 Å². The van der Waals surface area contributed by atoms with Crippen molar-refractivity contribution in [2.45, 2.75) is 49.6 Å². The molecule has 27 heavy (non-hydrogen) atoms. The summed E-state index contributed by atoms with van der Waals surface area (Å²) >= 11 is 0. The van der Waals surface area contributed by atoms with Crippen molar-refractivity contribution in [3.63, 3.8) is 0 Å². The summed E-state index contributed by atoms with van der Waals surface area (Å²) in [6.45, 7) is 4.03. The number of benzene rings is 1. The van der Waals surface area contributed by atoms with Gasteiger partial charge in [0.2, 0.25) is 21.8 Å². The Bertz CT molecular complexity index is 901. The topological polar surface area (TPSA) is 76.3 Å². The van der Waals surface area contributed by atoms with E-state index in [1.807, 2.05) is 13.8 Å². The first-order valence-electron chi connectivity index (χ1n) is 8.60. The molecular formula is C17H20F3N3O3S. The molecule has 0 N–H and O–H groups in total. The highest BCUT2D eigenvalue weighted by Crippen LogP contribution is 2.37. The number of hydrogen-bond donors (Lipinski definition) is 0. The van der Waals surface area contributed by atoms with Gasteiger partial charge in [0, 0.05) is 24.9 Å². The Morgan fingerprint density at radius 3 is 2.33 bits per heavy atom. The first-order valence-corrected chi connectivity index (χ1v) is 10.0. The molecule has 0 amide bonds. The number of piperidine rings is 1. The van der Waals surface area contributed by atoms with Gasteiger partial charge in [0.05, 0.1) is 10.5 Å². The van der Waals surface area contributed by atoms with E-state index >= 15 is 0 Å². The number of aromatic nitrogens is 2. The second-order valence-corrected chi connectivity index (χ2v) is 8.71. The van der Waals surface area contributed by atoms with E-state index in [0.717, 1.165) is 16.4 Å². The molecule has 0 atom stereocenters. The van der Waals surface area contributed by atoms with Crippen molar-refractivity contribution in [2.75, 3.05) is 13.1 Å². The first kappa shape index (κ1) is 19.8. The van der Waals surface area contributed by atoms with Gasteiger partial charge in [-0.3, -0.25) is 0 Å². The summed E-state index contributed by atoms with van der Waals surface area (Å²) in [5, 5.41) is 7.99. The lowest BCUT2D eigenvalue weighted by atomic mass is 9.98. The predicted molar refractivity (Wildman–Crippen MR) is 90.6 cm³/mol. The molecule has 0 spiro atoms. The number of alkyl halides is 3. The van der Waals surface area contributed by atoms with E-state index in [9.17, 15) is 21.6 Å². The van der Waals surface area contributed by atoms with Gasteiger partial charge in [0.25, 0.3) is 0 Å². The molecule has 0 saturated carbocycles. The zero-order chi connectivity index (χ0) is 19.8. The highest BCUT2D eigenvalue weighted by Gasteiger charge is 2.40. The van der Waals surface area contributed by atoms with Crippen LogP contribution in [0.4, 0.5) is 13.2 Å². The number of rotatable bonds is 4. The van der Waals surface area contributed by atoms with E-state index in [1.165, 1.54) is 12.1 Å². The molecule has 1 aromatic carbocycles. The number of halogens is 3. The fourth-order valence-electron chi connectivity index (χ4n) is 3.05. The van der Waals surface area contributed by atoms with Crippen LogP contribution in [-0.4, -0.2) is 36.0 Å². The van der Waals surface area contributed by atoms with Crippen molar-refractivity contribution in [1.82, 2.24) is 14.5 Å². The van der Waals surface area contributed by atoms with E-state index in [2.05, 4.69) is 10.2 Å². The van der Waals surface area contributed by atoms with Gasteiger partial charge in [-0.1, -0.05) is 26.0 Å². The monoisotopic (exact) mass is 403 g/mol. The van der Waals surface area contributed by atoms with Crippen molar-refractivity contribution < 1.29 is 26.0 Å². The lowest BCUT2D eigenvalue weighted by Gasteiger charge is -2.30. The third-order valence-electron chi connectivity index (χ3n) is 4.56. The number of hydrogen-bond acceptors (Lipinski definition) is 5. The van der Waals surface area contributed by atoms with Crippen molar-refractivity contribution in [2.24, 2.45) is 0 Å². The van der Waals surface area contributed by atoms with Gasteiger partial charge in [0.1, 0.15) is 0 Å².